The van der Waals surface area contributed by atoms with Gasteiger partial charge in [-0.2, -0.15) is 0 Å². The maximum absolute atomic E-state index is 12.0. The van der Waals surface area contributed by atoms with Gasteiger partial charge < -0.3 is 0 Å². The first-order valence-electron chi connectivity index (χ1n) is 5.54. The van der Waals surface area contributed by atoms with Crippen LogP contribution in [0.5, 0.6) is 0 Å². The van der Waals surface area contributed by atoms with E-state index in [2.05, 4.69) is 48.0 Å². The minimum Gasteiger partial charge on any atom is -0.292 e. The van der Waals surface area contributed by atoms with Gasteiger partial charge in [-0.3, -0.25) is 4.79 Å². The predicted molar refractivity (Wildman–Crippen MR) is 83.0 cm³/mol. The van der Waals surface area contributed by atoms with Gasteiger partial charge in [0.15, 0.2) is 5.78 Å². The molecule has 0 unspecified atom stereocenters. The lowest BCUT2D eigenvalue weighted by Crippen LogP contribution is -2.00. The summed E-state index contributed by atoms with van der Waals surface area (Å²) in [6.07, 6.45) is 0. The van der Waals surface area contributed by atoms with Gasteiger partial charge in [-0.25, -0.2) is 0 Å². The minimum absolute atomic E-state index is 0.182. The Balaban J connectivity index is 2.04. The summed E-state index contributed by atoms with van der Waals surface area (Å²) in [5, 5.41) is 1.93. The van der Waals surface area contributed by atoms with E-state index >= 15 is 0 Å². The molecule has 2 rings (SSSR count). The number of carbonyl (C=O) groups is 1. The third kappa shape index (κ3) is 3.25. The predicted octanol–water partition coefficient (Wildman–Crippen LogP) is 5.10. The van der Waals surface area contributed by atoms with Gasteiger partial charge in [0.25, 0.3) is 0 Å². The summed E-state index contributed by atoms with van der Waals surface area (Å²) in [5.41, 5.74) is 2.49. The van der Waals surface area contributed by atoms with E-state index in [-0.39, 0.29) is 5.78 Å². The quantitative estimate of drug-likeness (QED) is 0.568. The summed E-state index contributed by atoms with van der Waals surface area (Å²) in [6.45, 7) is 4.16. The molecule has 4 heteroatoms. The molecule has 0 aliphatic rings. The fourth-order valence-electron chi connectivity index (χ4n) is 1.66. The first kappa shape index (κ1) is 13.8. The van der Waals surface area contributed by atoms with Gasteiger partial charge in [-0.15, -0.1) is 23.1 Å². The lowest BCUT2D eigenvalue weighted by Gasteiger charge is -2.05. The molecule has 0 aliphatic carbocycles. The van der Waals surface area contributed by atoms with Crippen LogP contribution in [0.3, 0.4) is 0 Å². The molecule has 0 spiro atoms. The first-order chi connectivity index (χ1) is 8.58. The van der Waals surface area contributed by atoms with E-state index in [1.54, 1.807) is 11.8 Å². The number of benzene rings is 1. The van der Waals surface area contributed by atoms with Gasteiger partial charge >= 0.3 is 0 Å². The maximum Gasteiger partial charge on any atom is 0.184 e. The maximum atomic E-state index is 12.0. The fraction of sp³-hybridized carbons (Fsp3) is 0.214. The highest BCUT2D eigenvalue weighted by atomic mass is 79.9. The van der Waals surface area contributed by atoms with Crippen LogP contribution >= 0.6 is 39.0 Å². The highest BCUT2D eigenvalue weighted by molar-refractivity contribution is 9.10. The van der Waals surface area contributed by atoms with Crippen LogP contribution in [0, 0.1) is 13.8 Å². The third-order valence-electron chi connectivity index (χ3n) is 2.56. The number of halogens is 1. The number of ketones is 1. The van der Waals surface area contributed by atoms with Gasteiger partial charge in [0.2, 0.25) is 0 Å². The van der Waals surface area contributed by atoms with Crippen molar-refractivity contribution in [2.24, 2.45) is 0 Å². The molecule has 0 fully saturated rings. The second kappa shape index (κ2) is 6.04. The van der Waals surface area contributed by atoms with Crippen LogP contribution in [-0.2, 0) is 0 Å². The Labute approximate surface area is 124 Å². The van der Waals surface area contributed by atoms with Crippen molar-refractivity contribution in [3.05, 3.63) is 50.1 Å². The van der Waals surface area contributed by atoms with Crippen molar-refractivity contribution in [2.75, 3.05) is 5.75 Å². The van der Waals surface area contributed by atoms with Crippen LogP contribution in [0.4, 0.5) is 0 Å². The topological polar surface area (TPSA) is 17.1 Å². The van der Waals surface area contributed by atoms with Gasteiger partial charge in [0.05, 0.1) is 10.6 Å². The number of rotatable bonds is 4. The zero-order valence-electron chi connectivity index (χ0n) is 10.2. The van der Waals surface area contributed by atoms with E-state index in [1.807, 2.05) is 11.4 Å². The SMILES string of the molecule is Cc1ccc(SCC(=O)c2sccc2Br)c(C)c1. The molecule has 0 aliphatic heterocycles. The zero-order valence-corrected chi connectivity index (χ0v) is 13.4. The van der Waals surface area contributed by atoms with Crippen molar-refractivity contribution in [1.82, 2.24) is 0 Å². The highest BCUT2D eigenvalue weighted by Gasteiger charge is 2.12. The van der Waals surface area contributed by atoms with E-state index in [0.717, 1.165) is 9.35 Å². The van der Waals surface area contributed by atoms with Crippen molar-refractivity contribution in [2.45, 2.75) is 18.7 Å². The second-order valence-electron chi connectivity index (χ2n) is 4.08. The van der Waals surface area contributed by atoms with Crippen LogP contribution in [0.15, 0.2) is 39.0 Å². The number of carbonyl (C=O) groups excluding carboxylic acids is 1. The van der Waals surface area contributed by atoms with E-state index in [4.69, 9.17) is 0 Å². The largest absolute Gasteiger partial charge is 0.292 e. The number of hydrogen-bond acceptors (Lipinski definition) is 3. The van der Waals surface area contributed by atoms with Gasteiger partial charge in [-0.1, -0.05) is 17.7 Å². The lowest BCUT2D eigenvalue weighted by molar-refractivity contribution is 0.102. The fourth-order valence-corrected chi connectivity index (χ4v) is 4.17. The molecule has 18 heavy (non-hydrogen) atoms. The summed E-state index contributed by atoms with van der Waals surface area (Å²) >= 11 is 6.49. The molecule has 1 aromatic heterocycles. The van der Waals surface area contributed by atoms with Gasteiger partial charge in [-0.05, 0) is 52.9 Å². The molecule has 0 saturated carbocycles. The van der Waals surface area contributed by atoms with Crippen molar-refractivity contribution < 1.29 is 4.79 Å². The number of Topliss-reactive ketones (excluding diaryl/α,β-unsaturated/α-hetero) is 1. The third-order valence-corrected chi connectivity index (χ3v) is 5.61. The molecule has 2 aromatic rings. The number of thiophene rings is 1. The molecule has 0 amide bonds. The van der Waals surface area contributed by atoms with Gasteiger partial charge in [0, 0.05) is 9.37 Å². The molecule has 0 saturated heterocycles. The number of hydrogen-bond donors (Lipinski definition) is 0. The summed E-state index contributed by atoms with van der Waals surface area (Å²) in [4.78, 5) is 14.0. The average Bonchev–Trinajstić information content (AvgIpc) is 2.74. The monoisotopic (exact) mass is 340 g/mol. The van der Waals surface area contributed by atoms with Crippen LogP contribution < -0.4 is 0 Å². The van der Waals surface area contributed by atoms with Gasteiger partial charge in [0.1, 0.15) is 0 Å². The van der Waals surface area contributed by atoms with Crippen LogP contribution in [0.2, 0.25) is 0 Å². The Morgan fingerprint density at radius 1 is 1.33 bits per heavy atom. The number of aryl methyl sites for hydroxylation is 2. The van der Waals surface area contributed by atoms with Crippen LogP contribution in [0.25, 0.3) is 0 Å². The summed E-state index contributed by atoms with van der Waals surface area (Å²) in [7, 11) is 0. The Kier molecular flexibility index (Phi) is 4.65. The minimum atomic E-state index is 0.182. The lowest BCUT2D eigenvalue weighted by atomic mass is 10.2. The van der Waals surface area contributed by atoms with Crippen molar-refractivity contribution in [1.29, 1.82) is 0 Å². The van der Waals surface area contributed by atoms with Crippen LogP contribution in [-0.4, -0.2) is 11.5 Å². The van der Waals surface area contributed by atoms with E-state index < -0.39 is 0 Å². The molecule has 1 nitrogen and oxygen atoms in total. The second-order valence-corrected chi connectivity index (χ2v) is 6.87. The molecule has 1 aromatic carbocycles. The average molecular weight is 341 g/mol. The van der Waals surface area contributed by atoms with E-state index in [1.165, 1.54) is 27.4 Å². The smallest absolute Gasteiger partial charge is 0.184 e. The van der Waals surface area contributed by atoms with E-state index in [0.29, 0.717) is 5.75 Å². The van der Waals surface area contributed by atoms with Crippen LogP contribution in [0.1, 0.15) is 20.8 Å². The highest BCUT2D eigenvalue weighted by Crippen LogP contribution is 2.28. The molecule has 0 bridgehead atoms. The molecule has 94 valence electrons. The molecular formula is C14H13BrOS2. The standard InChI is InChI=1S/C14H13BrOS2/c1-9-3-4-13(10(2)7-9)18-8-12(16)14-11(15)5-6-17-14/h3-7H,8H2,1-2H3. The summed E-state index contributed by atoms with van der Waals surface area (Å²) < 4.78 is 0.902. The first-order valence-corrected chi connectivity index (χ1v) is 8.20. The molecule has 0 radical (unpaired) electrons. The van der Waals surface area contributed by atoms with Crippen molar-refractivity contribution in [3.8, 4) is 0 Å². The Hall–Kier alpha value is -0.580. The summed E-state index contributed by atoms with van der Waals surface area (Å²) in [5.74, 6) is 0.671. The zero-order chi connectivity index (χ0) is 13.1. The van der Waals surface area contributed by atoms with Crippen molar-refractivity contribution >= 4 is 44.8 Å². The van der Waals surface area contributed by atoms with Crippen molar-refractivity contribution in [3.63, 3.8) is 0 Å². The summed E-state index contributed by atoms with van der Waals surface area (Å²) in [6, 6.07) is 8.24. The Morgan fingerprint density at radius 3 is 2.72 bits per heavy atom. The molecule has 0 N–H and O–H groups in total. The molecule has 1 heterocycles. The Bertz CT molecular complexity index is 575. The normalized spacial score (nSPS) is 10.6. The van der Waals surface area contributed by atoms with E-state index in [9.17, 15) is 4.79 Å². The Morgan fingerprint density at radius 2 is 2.11 bits per heavy atom. The molecular weight excluding hydrogens is 328 g/mol. The molecule has 0 atom stereocenters. The number of thioether (sulfide) groups is 1.